The lowest BCUT2D eigenvalue weighted by atomic mass is 9.57. The van der Waals surface area contributed by atoms with Gasteiger partial charge in [0.15, 0.2) is 0 Å². The zero-order valence-electron chi connectivity index (χ0n) is 10.1. The molecule has 0 heterocycles. The fourth-order valence-corrected chi connectivity index (χ4v) is 5.16. The first-order valence-corrected chi connectivity index (χ1v) is 7.00. The van der Waals surface area contributed by atoms with Crippen LogP contribution in [0.2, 0.25) is 0 Å². The molecule has 18 heavy (non-hydrogen) atoms. The van der Waals surface area contributed by atoms with Crippen LogP contribution in [0.15, 0.2) is 48.6 Å². The van der Waals surface area contributed by atoms with Gasteiger partial charge in [0, 0.05) is 23.7 Å². The molecule has 1 fully saturated rings. The van der Waals surface area contributed by atoms with Gasteiger partial charge in [-0.15, -0.1) is 0 Å². The Balaban J connectivity index is 1.75. The van der Waals surface area contributed by atoms with Crippen LogP contribution < -0.4 is 0 Å². The van der Waals surface area contributed by atoms with Crippen molar-refractivity contribution >= 4 is 0 Å². The summed E-state index contributed by atoms with van der Waals surface area (Å²) < 4.78 is 0. The number of allylic oxidation sites excluding steroid dienone is 2. The van der Waals surface area contributed by atoms with Crippen molar-refractivity contribution in [3.63, 3.8) is 0 Å². The molecule has 0 amide bonds. The van der Waals surface area contributed by atoms with Gasteiger partial charge in [-0.1, -0.05) is 48.6 Å². The molecule has 0 saturated heterocycles. The Labute approximate surface area is 107 Å². The van der Waals surface area contributed by atoms with Crippen molar-refractivity contribution in [3.05, 3.63) is 59.7 Å². The van der Waals surface area contributed by atoms with E-state index in [1.807, 2.05) is 0 Å². The number of fused-ring (bicyclic) bond motifs is 2. The van der Waals surface area contributed by atoms with Gasteiger partial charge in [-0.2, -0.15) is 0 Å². The van der Waals surface area contributed by atoms with Crippen molar-refractivity contribution < 1.29 is 5.11 Å². The molecule has 90 valence electrons. The highest BCUT2D eigenvalue weighted by molar-refractivity contribution is 5.49. The number of rotatable bonds is 0. The van der Waals surface area contributed by atoms with Crippen molar-refractivity contribution in [1.82, 2.24) is 0 Å². The topological polar surface area (TPSA) is 20.2 Å². The Hall–Kier alpha value is -1.34. The Morgan fingerprint density at radius 1 is 0.722 bits per heavy atom. The van der Waals surface area contributed by atoms with E-state index in [0.29, 0.717) is 35.5 Å². The minimum atomic E-state index is -0.126. The maximum Gasteiger partial charge on any atom is 0.0671 e. The van der Waals surface area contributed by atoms with E-state index in [1.54, 1.807) is 0 Å². The summed E-state index contributed by atoms with van der Waals surface area (Å²) in [5.41, 5.74) is 3.03. The summed E-state index contributed by atoms with van der Waals surface area (Å²) in [4.78, 5) is 0. The van der Waals surface area contributed by atoms with Gasteiger partial charge in [0.2, 0.25) is 0 Å². The van der Waals surface area contributed by atoms with Gasteiger partial charge in [0.1, 0.15) is 0 Å². The number of benzene rings is 1. The van der Waals surface area contributed by atoms with Gasteiger partial charge in [0.25, 0.3) is 0 Å². The molecule has 0 spiro atoms. The Bertz CT molecular complexity index is 536. The number of aliphatic hydroxyl groups excluding tert-OH is 1. The summed E-state index contributed by atoms with van der Waals surface area (Å²) in [6, 6.07) is 8.88. The summed E-state index contributed by atoms with van der Waals surface area (Å²) >= 11 is 0. The minimum absolute atomic E-state index is 0.126. The van der Waals surface area contributed by atoms with E-state index in [2.05, 4.69) is 48.6 Å². The van der Waals surface area contributed by atoms with E-state index < -0.39 is 0 Å². The molecule has 0 unspecified atom stereocenters. The van der Waals surface area contributed by atoms with Crippen LogP contribution in [-0.2, 0) is 0 Å². The monoisotopic (exact) mass is 236 g/mol. The smallest absolute Gasteiger partial charge is 0.0671 e. The van der Waals surface area contributed by atoms with Crippen LogP contribution in [-0.4, -0.2) is 11.2 Å². The van der Waals surface area contributed by atoms with Crippen molar-refractivity contribution in [3.8, 4) is 0 Å². The Morgan fingerprint density at radius 3 is 1.72 bits per heavy atom. The highest BCUT2D eigenvalue weighted by atomic mass is 16.3. The molecule has 0 aliphatic heterocycles. The van der Waals surface area contributed by atoms with E-state index in [0.717, 1.165) is 0 Å². The standard InChI is InChI=1S/C17H16O/c18-17-13-7-8-14(17)16-12-6-5-11(15(13)16)9-3-1-2-4-10(9)12/h1-8,11-18H/t11-,12-,13-,14-,15-,16-/m0/s1. The van der Waals surface area contributed by atoms with E-state index in [1.165, 1.54) is 11.1 Å². The van der Waals surface area contributed by atoms with Crippen LogP contribution in [0.3, 0.4) is 0 Å². The third kappa shape index (κ3) is 0.883. The van der Waals surface area contributed by atoms with Crippen LogP contribution in [0.4, 0.5) is 0 Å². The number of hydrogen-bond acceptors (Lipinski definition) is 1. The predicted molar refractivity (Wildman–Crippen MR) is 70.2 cm³/mol. The SMILES string of the molecule is OC1[C@H]2C=C[C@H]1[C@H]1[C@H]2[C@H]2C=C[C@H]1c1ccccc12. The Kier molecular flexibility index (Phi) is 1.58. The van der Waals surface area contributed by atoms with E-state index >= 15 is 0 Å². The lowest BCUT2D eigenvalue weighted by molar-refractivity contribution is 0.127. The summed E-state index contributed by atoms with van der Waals surface area (Å²) in [6.45, 7) is 0. The zero-order chi connectivity index (χ0) is 11.9. The first-order valence-electron chi connectivity index (χ1n) is 7.00. The van der Waals surface area contributed by atoms with Gasteiger partial charge in [-0.25, -0.2) is 0 Å². The van der Waals surface area contributed by atoms with Gasteiger partial charge >= 0.3 is 0 Å². The average Bonchev–Trinajstić information content (AvgIpc) is 2.94. The average molecular weight is 236 g/mol. The second-order valence-electron chi connectivity index (χ2n) is 6.25. The van der Waals surface area contributed by atoms with E-state index in [9.17, 15) is 5.11 Å². The molecule has 1 aromatic rings. The third-order valence-corrected chi connectivity index (χ3v) is 5.75. The minimum Gasteiger partial charge on any atom is -0.392 e. The molecule has 6 atom stereocenters. The van der Waals surface area contributed by atoms with Gasteiger partial charge < -0.3 is 5.11 Å². The maximum atomic E-state index is 10.4. The molecule has 1 nitrogen and oxygen atoms in total. The summed E-state index contributed by atoms with van der Waals surface area (Å²) in [6.07, 6.45) is 9.21. The maximum absolute atomic E-state index is 10.4. The third-order valence-electron chi connectivity index (χ3n) is 5.75. The van der Waals surface area contributed by atoms with Crippen LogP contribution in [0.1, 0.15) is 23.0 Å². The normalized spacial score (nSPS) is 49.5. The fraction of sp³-hybridized carbons (Fsp3) is 0.412. The second kappa shape index (κ2) is 2.97. The van der Waals surface area contributed by atoms with Crippen molar-refractivity contribution in [2.75, 3.05) is 0 Å². The molecule has 1 saturated carbocycles. The van der Waals surface area contributed by atoms with Gasteiger partial charge in [0.05, 0.1) is 6.10 Å². The van der Waals surface area contributed by atoms with Gasteiger partial charge in [-0.05, 0) is 23.0 Å². The fourth-order valence-electron chi connectivity index (χ4n) is 5.16. The van der Waals surface area contributed by atoms with Crippen molar-refractivity contribution in [2.45, 2.75) is 17.9 Å². The largest absolute Gasteiger partial charge is 0.392 e. The Morgan fingerprint density at radius 2 is 1.22 bits per heavy atom. The van der Waals surface area contributed by atoms with E-state index in [4.69, 9.17) is 0 Å². The van der Waals surface area contributed by atoms with Crippen LogP contribution in [0.5, 0.6) is 0 Å². The zero-order valence-corrected chi connectivity index (χ0v) is 10.1. The quantitative estimate of drug-likeness (QED) is 0.687. The molecule has 5 aliphatic carbocycles. The van der Waals surface area contributed by atoms with Crippen LogP contribution in [0, 0.1) is 23.7 Å². The summed E-state index contributed by atoms with van der Waals surface area (Å²) in [5, 5.41) is 10.4. The number of hydrogen-bond donors (Lipinski definition) is 1. The first kappa shape index (κ1) is 9.57. The molecule has 4 bridgehead atoms. The molecule has 1 heteroatoms. The summed E-state index contributed by atoms with van der Waals surface area (Å²) in [5.74, 6) is 3.13. The molecule has 6 rings (SSSR count). The first-order chi connectivity index (χ1) is 8.86. The molecule has 0 radical (unpaired) electrons. The van der Waals surface area contributed by atoms with Gasteiger partial charge in [-0.3, -0.25) is 0 Å². The summed E-state index contributed by atoms with van der Waals surface area (Å²) in [7, 11) is 0. The van der Waals surface area contributed by atoms with Crippen LogP contribution >= 0.6 is 0 Å². The predicted octanol–water partition coefficient (Wildman–Crippen LogP) is 2.85. The lowest BCUT2D eigenvalue weighted by Gasteiger charge is -2.46. The van der Waals surface area contributed by atoms with Crippen LogP contribution in [0.25, 0.3) is 0 Å². The highest BCUT2D eigenvalue weighted by Gasteiger charge is 2.59. The second-order valence-corrected chi connectivity index (χ2v) is 6.25. The molecule has 0 aromatic heterocycles. The van der Waals surface area contributed by atoms with Crippen molar-refractivity contribution in [2.24, 2.45) is 23.7 Å². The molecule has 5 aliphatic rings. The van der Waals surface area contributed by atoms with Crippen molar-refractivity contribution in [1.29, 1.82) is 0 Å². The molecule has 1 N–H and O–H groups in total. The lowest BCUT2D eigenvalue weighted by Crippen LogP contribution is -2.37. The number of aliphatic hydroxyl groups is 1. The molecular formula is C17H16O. The van der Waals surface area contributed by atoms with E-state index in [-0.39, 0.29) is 6.10 Å². The highest BCUT2D eigenvalue weighted by Crippen LogP contribution is 2.64. The molecular weight excluding hydrogens is 220 g/mol. The molecule has 1 aromatic carbocycles.